The molecule has 17 heteroatoms. The second kappa shape index (κ2) is 16.6. The number of carboxylic acid groups (broad SMARTS) is 1. The van der Waals surface area contributed by atoms with Crippen molar-refractivity contribution in [1.29, 1.82) is 0 Å². The molecule has 2 aromatic carbocycles. The van der Waals surface area contributed by atoms with Gasteiger partial charge in [0, 0.05) is 55.4 Å². The quantitative estimate of drug-likeness (QED) is 0.119. The van der Waals surface area contributed by atoms with Gasteiger partial charge in [-0.3, -0.25) is 23.6 Å². The number of nitrogens with one attached hydrogen (secondary N) is 2. The van der Waals surface area contributed by atoms with Crippen LogP contribution in [0.3, 0.4) is 0 Å². The van der Waals surface area contributed by atoms with Gasteiger partial charge in [0.2, 0.25) is 17.6 Å². The van der Waals surface area contributed by atoms with E-state index in [-0.39, 0.29) is 43.4 Å². The highest BCUT2D eigenvalue weighted by atomic mass is 19.2. The maximum atomic E-state index is 14.9. The number of aromatic nitrogens is 3. The number of ether oxygens (including phenoxy) is 1. The number of anilines is 2. The summed E-state index contributed by atoms with van der Waals surface area (Å²) in [6, 6.07) is 5.68. The number of carbonyl (C=O) groups is 4. The molecule has 4 aromatic rings. The molecular weight excluding hydrogens is 680 g/mol. The smallest absolute Gasteiger partial charge is 0.305 e. The summed E-state index contributed by atoms with van der Waals surface area (Å²) in [7, 11) is 1.25. The summed E-state index contributed by atoms with van der Waals surface area (Å²) in [6.45, 7) is 2.92. The molecule has 3 heterocycles. The van der Waals surface area contributed by atoms with Gasteiger partial charge < -0.3 is 41.7 Å². The van der Waals surface area contributed by atoms with E-state index in [2.05, 4.69) is 20.6 Å². The number of nitrogens with zero attached hydrogens (tertiary/aromatic N) is 5. The second-order valence-electron chi connectivity index (χ2n) is 12.4. The first-order valence-corrected chi connectivity index (χ1v) is 16.7. The molecule has 0 spiro atoms. The minimum Gasteiger partial charge on any atom is -0.494 e. The van der Waals surface area contributed by atoms with E-state index >= 15 is 0 Å². The molecule has 1 fully saturated rings. The second-order valence-corrected chi connectivity index (χ2v) is 12.4. The number of fused-ring (bicyclic) bond motifs is 1. The van der Waals surface area contributed by atoms with Crippen LogP contribution in [0.25, 0.3) is 16.9 Å². The minimum atomic E-state index is -1.30. The first-order valence-electron chi connectivity index (χ1n) is 16.7. The Morgan fingerprint density at radius 2 is 1.75 bits per heavy atom. The Kier molecular flexibility index (Phi) is 12.0. The summed E-state index contributed by atoms with van der Waals surface area (Å²) in [5.41, 5.74) is 13.8. The molecule has 2 aromatic heterocycles. The normalized spacial score (nSPS) is 14.2. The number of piperazine rings is 1. The SMILES string of the molecule is COc1ccc(-c2cnc3c(Nc4ccc(C(=O)N5CCN(C(=O)C(CC(=O)O)NC(=O)[C@H](N)CCCCN)CC5)c(C)c4)nccn23)c(F)c1F. The Bertz CT molecular complexity index is 1960. The van der Waals surface area contributed by atoms with Gasteiger partial charge in [-0.05, 0) is 62.2 Å². The number of aliphatic carboxylic acids is 1. The third-order valence-corrected chi connectivity index (χ3v) is 8.87. The molecule has 15 nitrogen and oxygen atoms in total. The van der Waals surface area contributed by atoms with Gasteiger partial charge in [0.15, 0.2) is 23.0 Å². The van der Waals surface area contributed by atoms with Gasteiger partial charge in [0.1, 0.15) is 6.04 Å². The number of aryl methyl sites for hydroxylation is 1. The van der Waals surface area contributed by atoms with E-state index in [1.165, 1.54) is 36.5 Å². The van der Waals surface area contributed by atoms with E-state index in [1.54, 1.807) is 40.6 Å². The molecule has 1 aliphatic heterocycles. The molecule has 2 atom stereocenters. The molecule has 7 N–H and O–H groups in total. The van der Waals surface area contributed by atoms with Gasteiger partial charge >= 0.3 is 5.97 Å². The van der Waals surface area contributed by atoms with Crippen LogP contribution in [0.5, 0.6) is 5.75 Å². The molecular formula is C35H41F2N9O6. The largest absolute Gasteiger partial charge is 0.494 e. The van der Waals surface area contributed by atoms with Crippen LogP contribution in [0.1, 0.15) is 41.6 Å². The first-order chi connectivity index (χ1) is 24.9. The average molecular weight is 722 g/mol. The van der Waals surface area contributed by atoms with E-state index in [0.717, 1.165) is 0 Å². The van der Waals surface area contributed by atoms with Crippen LogP contribution in [0.15, 0.2) is 48.9 Å². The molecule has 0 bridgehead atoms. The lowest BCUT2D eigenvalue weighted by molar-refractivity contribution is -0.144. The summed E-state index contributed by atoms with van der Waals surface area (Å²) in [5.74, 6) is -4.72. The number of rotatable bonds is 14. The minimum absolute atomic E-state index is 0.00634. The number of hydrogen-bond acceptors (Lipinski definition) is 10. The predicted molar refractivity (Wildman–Crippen MR) is 187 cm³/mol. The summed E-state index contributed by atoms with van der Waals surface area (Å²) in [6.07, 6.45) is 5.53. The highest BCUT2D eigenvalue weighted by molar-refractivity contribution is 5.97. The Morgan fingerprint density at radius 1 is 1.02 bits per heavy atom. The van der Waals surface area contributed by atoms with Crippen molar-refractivity contribution in [3.05, 3.63) is 71.7 Å². The van der Waals surface area contributed by atoms with Crippen LogP contribution in [-0.2, 0) is 14.4 Å². The molecule has 52 heavy (non-hydrogen) atoms. The monoisotopic (exact) mass is 721 g/mol. The number of carbonyl (C=O) groups excluding carboxylic acids is 3. The zero-order chi connectivity index (χ0) is 37.5. The van der Waals surface area contributed by atoms with Gasteiger partial charge in [0.05, 0.1) is 31.5 Å². The molecule has 0 saturated carbocycles. The lowest BCUT2D eigenvalue weighted by Crippen LogP contribution is -2.57. The Balaban J connectivity index is 1.22. The van der Waals surface area contributed by atoms with E-state index in [1.807, 2.05) is 0 Å². The zero-order valence-corrected chi connectivity index (χ0v) is 28.8. The van der Waals surface area contributed by atoms with Gasteiger partial charge in [-0.1, -0.05) is 6.42 Å². The van der Waals surface area contributed by atoms with Crippen LogP contribution in [0.4, 0.5) is 20.3 Å². The van der Waals surface area contributed by atoms with Crippen molar-refractivity contribution in [2.45, 2.75) is 44.7 Å². The predicted octanol–water partition coefficient (Wildman–Crippen LogP) is 2.44. The Morgan fingerprint density at radius 3 is 2.42 bits per heavy atom. The summed E-state index contributed by atoms with van der Waals surface area (Å²) < 4.78 is 35.8. The van der Waals surface area contributed by atoms with Crippen molar-refractivity contribution >= 4 is 40.8 Å². The van der Waals surface area contributed by atoms with Gasteiger partial charge in [-0.25, -0.2) is 14.4 Å². The number of halogens is 2. The summed E-state index contributed by atoms with van der Waals surface area (Å²) >= 11 is 0. The maximum absolute atomic E-state index is 14.9. The zero-order valence-electron chi connectivity index (χ0n) is 28.8. The molecule has 1 saturated heterocycles. The van der Waals surface area contributed by atoms with Gasteiger partial charge in [-0.2, -0.15) is 4.39 Å². The fourth-order valence-corrected chi connectivity index (χ4v) is 6.03. The summed E-state index contributed by atoms with van der Waals surface area (Å²) in [5, 5.41) is 15.1. The van der Waals surface area contributed by atoms with Crippen LogP contribution >= 0.6 is 0 Å². The Hall–Kier alpha value is -5.68. The highest BCUT2D eigenvalue weighted by Gasteiger charge is 2.33. The number of imidazole rings is 1. The van der Waals surface area contributed by atoms with Crippen LogP contribution in [0, 0.1) is 18.6 Å². The number of benzene rings is 2. The number of unbranched alkanes of at least 4 members (excludes halogenated alkanes) is 1. The molecule has 5 rings (SSSR count). The van der Waals surface area contributed by atoms with E-state index in [9.17, 15) is 33.1 Å². The van der Waals surface area contributed by atoms with E-state index in [4.69, 9.17) is 16.2 Å². The van der Waals surface area contributed by atoms with Crippen molar-refractivity contribution in [2.24, 2.45) is 11.5 Å². The number of amides is 3. The number of hydrogen-bond donors (Lipinski definition) is 5. The standard InChI is InChI=1S/C35H41F2N9O6/c1-20-17-21(42-31-32-41-19-26(46(32)12-11-40-31)23-8-9-27(52-2)30(37)29(23)36)6-7-22(20)34(50)44-13-15-45(16-14-44)35(51)25(18-28(47)48)43-33(49)24(39)5-3-4-10-38/h6-9,11-12,17,19,24-25H,3-5,10,13-16,18,38-39H2,1-2H3,(H,40,42)(H,43,49)(H,47,48)/t24-,25?/m1/s1. The third kappa shape index (κ3) is 8.26. The average Bonchev–Trinajstić information content (AvgIpc) is 3.57. The molecule has 0 aliphatic carbocycles. The molecule has 1 unspecified atom stereocenters. The molecule has 0 radical (unpaired) electrons. The van der Waals surface area contributed by atoms with E-state index in [0.29, 0.717) is 59.8 Å². The topological polar surface area (TPSA) is 211 Å². The molecule has 3 amide bonds. The Labute approximate surface area is 297 Å². The molecule has 276 valence electrons. The lowest BCUT2D eigenvalue weighted by atomic mass is 10.1. The van der Waals surface area contributed by atoms with Crippen molar-refractivity contribution in [1.82, 2.24) is 29.5 Å². The van der Waals surface area contributed by atoms with Gasteiger partial charge in [-0.15, -0.1) is 0 Å². The maximum Gasteiger partial charge on any atom is 0.305 e. The van der Waals surface area contributed by atoms with Crippen molar-refractivity contribution in [3.8, 4) is 17.0 Å². The van der Waals surface area contributed by atoms with Crippen molar-refractivity contribution in [2.75, 3.05) is 45.2 Å². The third-order valence-electron chi connectivity index (χ3n) is 8.87. The van der Waals surface area contributed by atoms with Crippen LogP contribution in [-0.4, -0.2) is 105 Å². The number of methoxy groups -OCH3 is 1. The number of nitrogens with two attached hydrogens (primary N) is 2. The number of carboxylic acids is 1. The van der Waals surface area contributed by atoms with E-state index < -0.39 is 47.9 Å². The molecule has 1 aliphatic rings. The van der Waals surface area contributed by atoms with Crippen molar-refractivity contribution in [3.63, 3.8) is 0 Å². The highest BCUT2D eigenvalue weighted by Crippen LogP contribution is 2.32. The van der Waals surface area contributed by atoms with Crippen LogP contribution < -0.4 is 26.8 Å². The van der Waals surface area contributed by atoms with Gasteiger partial charge in [0.25, 0.3) is 5.91 Å². The fourth-order valence-electron chi connectivity index (χ4n) is 6.03. The van der Waals surface area contributed by atoms with Crippen molar-refractivity contribution < 1.29 is 37.8 Å². The first kappa shape index (κ1) is 37.6. The lowest BCUT2D eigenvalue weighted by Gasteiger charge is -2.36. The summed E-state index contributed by atoms with van der Waals surface area (Å²) in [4.78, 5) is 62.7. The van der Waals surface area contributed by atoms with Crippen LogP contribution in [0.2, 0.25) is 0 Å². The fraction of sp³-hybridized carbons (Fsp3) is 0.371.